The number of benzene rings is 1. The van der Waals surface area contributed by atoms with Crippen LogP contribution in [0.25, 0.3) is 0 Å². The predicted octanol–water partition coefficient (Wildman–Crippen LogP) is 2.94. The molecule has 1 rings (SSSR count). The van der Waals surface area contributed by atoms with E-state index < -0.39 is 12.3 Å². The topological polar surface area (TPSA) is 29.5 Å². The lowest BCUT2D eigenvalue weighted by molar-refractivity contribution is -0.206. The molecule has 0 aliphatic rings. The van der Waals surface area contributed by atoms with Crippen molar-refractivity contribution in [3.63, 3.8) is 0 Å². The van der Waals surface area contributed by atoms with Crippen LogP contribution in [0.2, 0.25) is 5.02 Å². The molecule has 0 saturated carbocycles. The number of hydrogen-bond donors (Lipinski definition) is 1. The van der Waals surface area contributed by atoms with E-state index in [1.807, 2.05) is 0 Å². The summed E-state index contributed by atoms with van der Waals surface area (Å²) < 4.78 is 41.1. The summed E-state index contributed by atoms with van der Waals surface area (Å²) in [6, 6.07) is 3.41. The fourth-order valence-electron chi connectivity index (χ4n) is 1.04. The van der Waals surface area contributed by atoms with Crippen LogP contribution in [-0.4, -0.2) is 18.4 Å². The molecule has 0 aliphatic carbocycles. The summed E-state index contributed by atoms with van der Waals surface area (Å²) in [5.74, 6) is 0.259. The zero-order chi connectivity index (χ0) is 11.6. The molecule has 15 heavy (non-hydrogen) atoms. The van der Waals surface area contributed by atoms with E-state index in [1.165, 1.54) is 13.2 Å². The normalized spacial score (nSPS) is 13.7. The van der Waals surface area contributed by atoms with Crippen molar-refractivity contribution in [2.24, 2.45) is 0 Å². The number of ether oxygens (including phenoxy) is 1. The Labute approximate surface area is 89.2 Å². The second-order valence-corrected chi connectivity index (χ2v) is 3.25. The maximum atomic E-state index is 12.1. The molecular weight excluding hydrogens is 233 g/mol. The molecule has 1 aromatic rings. The SMILES string of the molecule is COc1ccc(C(O)C(F)(F)F)cc1Cl. The second kappa shape index (κ2) is 4.28. The molecule has 6 heteroatoms. The van der Waals surface area contributed by atoms with E-state index in [9.17, 15) is 13.2 Å². The molecule has 1 unspecified atom stereocenters. The molecule has 0 aromatic heterocycles. The summed E-state index contributed by atoms with van der Waals surface area (Å²) in [5, 5.41) is 8.95. The van der Waals surface area contributed by atoms with Gasteiger partial charge in [0.1, 0.15) is 5.75 Å². The van der Waals surface area contributed by atoms with Crippen LogP contribution in [0.15, 0.2) is 18.2 Å². The number of aliphatic hydroxyl groups excluding tert-OH is 1. The molecule has 0 aliphatic heterocycles. The number of methoxy groups -OCH3 is 1. The average Bonchev–Trinajstić information content (AvgIpc) is 2.15. The first-order valence-corrected chi connectivity index (χ1v) is 4.32. The second-order valence-electron chi connectivity index (χ2n) is 2.84. The Balaban J connectivity index is 3.02. The molecule has 0 amide bonds. The number of alkyl halides is 3. The third-order valence-corrected chi connectivity index (χ3v) is 2.10. The molecule has 84 valence electrons. The van der Waals surface area contributed by atoms with Crippen LogP contribution in [0.4, 0.5) is 13.2 Å². The third-order valence-electron chi connectivity index (χ3n) is 1.80. The zero-order valence-corrected chi connectivity index (χ0v) is 8.43. The first kappa shape index (κ1) is 12.1. The summed E-state index contributed by atoms with van der Waals surface area (Å²) in [6.45, 7) is 0. The van der Waals surface area contributed by atoms with Gasteiger partial charge in [0.25, 0.3) is 0 Å². The first-order chi connectivity index (χ1) is 6.86. The van der Waals surface area contributed by atoms with Crippen LogP contribution in [0.3, 0.4) is 0 Å². The highest BCUT2D eigenvalue weighted by Crippen LogP contribution is 2.35. The van der Waals surface area contributed by atoms with E-state index in [2.05, 4.69) is 0 Å². The van der Waals surface area contributed by atoms with Crippen molar-refractivity contribution in [1.82, 2.24) is 0 Å². The van der Waals surface area contributed by atoms with Gasteiger partial charge in [-0.05, 0) is 17.7 Å². The fraction of sp³-hybridized carbons (Fsp3) is 0.333. The average molecular weight is 241 g/mol. The van der Waals surface area contributed by atoms with E-state index in [0.29, 0.717) is 0 Å². The van der Waals surface area contributed by atoms with Crippen molar-refractivity contribution in [2.75, 3.05) is 7.11 Å². The Morgan fingerprint density at radius 3 is 2.40 bits per heavy atom. The Hall–Kier alpha value is -0.940. The summed E-state index contributed by atoms with van der Waals surface area (Å²) in [6.07, 6.45) is -7.22. The first-order valence-electron chi connectivity index (χ1n) is 3.94. The summed E-state index contributed by atoms with van der Waals surface area (Å²) in [5.41, 5.74) is -0.312. The highest BCUT2D eigenvalue weighted by atomic mass is 35.5. The predicted molar refractivity (Wildman–Crippen MR) is 49.0 cm³/mol. The van der Waals surface area contributed by atoms with E-state index >= 15 is 0 Å². The van der Waals surface area contributed by atoms with Crippen LogP contribution < -0.4 is 4.74 Å². The Morgan fingerprint density at radius 1 is 1.40 bits per heavy atom. The largest absolute Gasteiger partial charge is 0.495 e. The van der Waals surface area contributed by atoms with Crippen molar-refractivity contribution in [1.29, 1.82) is 0 Å². The van der Waals surface area contributed by atoms with Gasteiger partial charge in [-0.15, -0.1) is 0 Å². The maximum absolute atomic E-state index is 12.1. The van der Waals surface area contributed by atoms with Gasteiger partial charge in [0.05, 0.1) is 12.1 Å². The molecule has 1 aromatic carbocycles. The molecule has 0 radical (unpaired) electrons. The van der Waals surface area contributed by atoms with E-state index in [-0.39, 0.29) is 16.3 Å². The van der Waals surface area contributed by atoms with Gasteiger partial charge < -0.3 is 9.84 Å². The van der Waals surface area contributed by atoms with Crippen molar-refractivity contribution >= 4 is 11.6 Å². The van der Waals surface area contributed by atoms with Crippen LogP contribution in [-0.2, 0) is 0 Å². The van der Waals surface area contributed by atoms with Crippen LogP contribution in [0.1, 0.15) is 11.7 Å². The minimum atomic E-state index is -4.70. The maximum Gasteiger partial charge on any atom is 0.418 e. The van der Waals surface area contributed by atoms with Crippen LogP contribution in [0, 0.1) is 0 Å². The van der Waals surface area contributed by atoms with Crippen molar-refractivity contribution < 1.29 is 23.0 Å². The minimum Gasteiger partial charge on any atom is -0.495 e. The standard InChI is InChI=1S/C9H8ClF3O2/c1-15-7-3-2-5(4-6(7)10)8(14)9(11,12)13/h2-4,8,14H,1H3. The van der Waals surface area contributed by atoms with Gasteiger partial charge in [0.15, 0.2) is 6.10 Å². The van der Waals surface area contributed by atoms with Gasteiger partial charge in [0, 0.05) is 0 Å². The monoisotopic (exact) mass is 240 g/mol. The Kier molecular flexibility index (Phi) is 3.46. The molecular formula is C9H8ClF3O2. The van der Waals surface area contributed by atoms with Gasteiger partial charge in [0.2, 0.25) is 0 Å². The molecule has 0 spiro atoms. The highest BCUT2D eigenvalue weighted by molar-refractivity contribution is 6.32. The molecule has 0 heterocycles. The van der Waals surface area contributed by atoms with Gasteiger partial charge in [-0.2, -0.15) is 13.2 Å². The Morgan fingerprint density at radius 2 is 2.00 bits per heavy atom. The third kappa shape index (κ3) is 2.76. The molecule has 0 saturated heterocycles. The van der Waals surface area contributed by atoms with Crippen molar-refractivity contribution in [3.8, 4) is 5.75 Å². The van der Waals surface area contributed by atoms with Gasteiger partial charge in [-0.25, -0.2) is 0 Å². The number of rotatable bonds is 2. The van der Waals surface area contributed by atoms with Crippen molar-refractivity contribution in [2.45, 2.75) is 12.3 Å². The fourth-order valence-corrected chi connectivity index (χ4v) is 1.31. The summed E-state index contributed by atoms with van der Waals surface area (Å²) in [7, 11) is 1.35. The van der Waals surface area contributed by atoms with Gasteiger partial charge in [-0.3, -0.25) is 0 Å². The summed E-state index contributed by atoms with van der Waals surface area (Å²) >= 11 is 5.62. The lowest BCUT2D eigenvalue weighted by Crippen LogP contribution is -2.20. The van der Waals surface area contributed by atoms with E-state index in [4.69, 9.17) is 21.4 Å². The molecule has 1 N–H and O–H groups in total. The zero-order valence-electron chi connectivity index (χ0n) is 7.68. The molecule has 0 bridgehead atoms. The number of hydrogen-bond acceptors (Lipinski definition) is 2. The lowest BCUT2D eigenvalue weighted by atomic mass is 10.1. The molecule has 0 fully saturated rings. The van der Waals surface area contributed by atoms with Crippen molar-refractivity contribution in [3.05, 3.63) is 28.8 Å². The van der Waals surface area contributed by atoms with E-state index in [0.717, 1.165) is 12.1 Å². The van der Waals surface area contributed by atoms with Crippen LogP contribution in [0.5, 0.6) is 5.75 Å². The van der Waals surface area contributed by atoms with Gasteiger partial charge >= 0.3 is 6.18 Å². The number of aliphatic hydroxyl groups is 1. The van der Waals surface area contributed by atoms with Crippen LogP contribution >= 0.6 is 11.6 Å². The molecule has 2 nitrogen and oxygen atoms in total. The highest BCUT2D eigenvalue weighted by Gasteiger charge is 2.39. The molecule has 1 atom stereocenters. The quantitative estimate of drug-likeness (QED) is 0.861. The lowest BCUT2D eigenvalue weighted by Gasteiger charge is -2.15. The van der Waals surface area contributed by atoms with E-state index in [1.54, 1.807) is 0 Å². The number of halogens is 4. The Bertz CT molecular complexity index is 352. The minimum absolute atomic E-state index is 0.0262. The van der Waals surface area contributed by atoms with Gasteiger partial charge in [-0.1, -0.05) is 17.7 Å². The smallest absolute Gasteiger partial charge is 0.418 e. The summed E-state index contributed by atoms with van der Waals surface area (Å²) in [4.78, 5) is 0.